The monoisotopic (exact) mass is 498 g/mol. The van der Waals surface area contributed by atoms with Crippen molar-refractivity contribution in [2.75, 3.05) is 0 Å². The number of benzene rings is 1. The molecule has 7 heteroatoms. The molecule has 35 heavy (non-hydrogen) atoms. The van der Waals surface area contributed by atoms with Gasteiger partial charge >= 0.3 is 0 Å². The van der Waals surface area contributed by atoms with E-state index in [0.29, 0.717) is 23.8 Å². The Morgan fingerprint density at radius 1 is 1.17 bits per heavy atom. The van der Waals surface area contributed by atoms with E-state index in [1.807, 2.05) is 26.0 Å². The first-order chi connectivity index (χ1) is 16.5. The number of rotatable bonds is 6. The summed E-state index contributed by atoms with van der Waals surface area (Å²) < 4.78 is 0. The molecule has 0 aliphatic heterocycles. The van der Waals surface area contributed by atoms with Crippen LogP contribution in [0.15, 0.2) is 36.4 Å². The molecule has 1 fully saturated rings. The number of nitriles is 1. The fraction of sp³-hybridized carbons (Fsp3) is 0.571. The average Bonchev–Trinajstić information content (AvgIpc) is 2.80. The zero-order valence-electron chi connectivity index (χ0n) is 22.2. The topological polar surface area (TPSA) is 94.0 Å². The predicted molar refractivity (Wildman–Crippen MR) is 146 cm³/mol. The molecule has 0 spiro atoms. The van der Waals surface area contributed by atoms with E-state index < -0.39 is 11.8 Å². The van der Waals surface area contributed by atoms with Gasteiger partial charge in [0.05, 0.1) is 6.07 Å². The first-order valence-corrected chi connectivity index (χ1v) is 13.0. The molecule has 1 aromatic carbocycles. The minimum absolute atomic E-state index is 0.00313. The number of allylic oxidation sites excluding steroid dienone is 1. The number of hydrogen-bond acceptors (Lipinski definition) is 4. The molecule has 1 aliphatic carbocycles. The lowest BCUT2D eigenvalue weighted by atomic mass is 9.77. The van der Waals surface area contributed by atoms with E-state index in [-0.39, 0.29) is 16.4 Å². The van der Waals surface area contributed by atoms with Gasteiger partial charge in [0.2, 0.25) is 0 Å². The van der Waals surface area contributed by atoms with Crippen molar-refractivity contribution >= 4 is 29.1 Å². The van der Waals surface area contributed by atoms with Crippen molar-refractivity contribution in [2.24, 2.45) is 17.8 Å². The fourth-order valence-electron chi connectivity index (χ4n) is 4.34. The van der Waals surface area contributed by atoms with Crippen LogP contribution in [0.3, 0.4) is 0 Å². The summed E-state index contributed by atoms with van der Waals surface area (Å²) in [5.74, 6) is -0.359. The molecule has 0 saturated heterocycles. The molecule has 1 aromatic rings. The van der Waals surface area contributed by atoms with E-state index in [9.17, 15) is 14.9 Å². The molecular formula is C28H42N4O2S. The molecule has 3 atom stereocenters. The van der Waals surface area contributed by atoms with Crippen LogP contribution in [0.1, 0.15) is 96.0 Å². The molecule has 3 N–H and O–H groups in total. The number of amides is 2. The molecule has 6 nitrogen and oxygen atoms in total. The summed E-state index contributed by atoms with van der Waals surface area (Å²) in [7, 11) is 0. The maximum Gasteiger partial charge on any atom is 0.257 e. The average molecular weight is 499 g/mol. The molecule has 0 bridgehead atoms. The van der Waals surface area contributed by atoms with Crippen molar-refractivity contribution in [2.45, 2.75) is 85.5 Å². The standard InChI is InChI=1S/C26H36N4O2S.C2H6/c1-17-13-18(2)15-19(14-17)7-6-8-21(16-27)24(32)29-30-25(33)28-23(31)20-9-11-22(12-10-20)26(3,4)5;1-2/h9-12,18-19,21H,1,6-8,13-15H2,2-5H3,(H,29,32)(H2,28,30,31,33);1-2H3. The third-order valence-electron chi connectivity index (χ3n) is 6.07. The highest BCUT2D eigenvalue weighted by atomic mass is 32.1. The number of hydrazine groups is 1. The predicted octanol–water partition coefficient (Wildman–Crippen LogP) is 5.95. The highest BCUT2D eigenvalue weighted by Gasteiger charge is 2.23. The molecule has 0 aromatic heterocycles. The Balaban J connectivity index is 0.00000298. The minimum Gasteiger partial charge on any atom is -0.298 e. The molecule has 0 radical (unpaired) electrons. The van der Waals surface area contributed by atoms with Crippen LogP contribution in [0.25, 0.3) is 0 Å². The molecule has 1 saturated carbocycles. The lowest BCUT2D eigenvalue weighted by Gasteiger charge is -2.28. The van der Waals surface area contributed by atoms with Crippen molar-refractivity contribution in [3.63, 3.8) is 0 Å². The van der Waals surface area contributed by atoms with Gasteiger partial charge in [-0.3, -0.25) is 25.8 Å². The van der Waals surface area contributed by atoms with Crippen LogP contribution >= 0.6 is 12.2 Å². The second kappa shape index (κ2) is 14.6. The van der Waals surface area contributed by atoms with Gasteiger partial charge in [-0.05, 0) is 72.8 Å². The number of nitrogens with zero attached hydrogens (tertiary/aromatic N) is 1. The Bertz CT molecular complexity index is 912. The highest BCUT2D eigenvalue weighted by Crippen LogP contribution is 2.34. The molecular weight excluding hydrogens is 456 g/mol. The van der Waals surface area contributed by atoms with Crippen LogP contribution in [0.4, 0.5) is 0 Å². The van der Waals surface area contributed by atoms with Gasteiger partial charge in [-0.1, -0.05) is 78.7 Å². The number of carbonyl (C=O) groups is 2. The maximum atomic E-state index is 12.4. The number of nitrogens with one attached hydrogen (secondary N) is 3. The van der Waals surface area contributed by atoms with Crippen molar-refractivity contribution in [3.8, 4) is 6.07 Å². The summed E-state index contributed by atoms with van der Waals surface area (Å²) in [6.07, 6.45) is 5.61. The maximum absolute atomic E-state index is 12.4. The summed E-state index contributed by atoms with van der Waals surface area (Å²) in [5, 5.41) is 11.9. The molecule has 192 valence electrons. The quantitative estimate of drug-likeness (QED) is 0.256. The first-order valence-electron chi connectivity index (χ1n) is 12.6. The van der Waals surface area contributed by atoms with Crippen LogP contribution in [-0.4, -0.2) is 16.9 Å². The van der Waals surface area contributed by atoms with Crippen LogP contribution in [0, 0.1) is 29.1 Å². The van der Waals surface area contributed by atoms with E-state index in [1.165, 1.54) is 12.0 Å². The zero-order chi connectivity index (χ0) is 26.6. The molecule has 2 amide bonds. The van der Waals surface area contributed by atoms with E-state index in [2.05, 4.69) is 56.5 Å². The summed E-state index contributed by atoms with van der Waals surface area (Å²) in [6, 6.07) is 9.37. The minimum atomic E-state index is -0.773. The molecule has 0 heterocycles. The van der Waals surface area contributed by atoms with E-state index >= 15 is 0 Å². The van der Waals surface area contributed by atoms with Crippen LogP contribution < -0.4 is 16.2 Å². The third kappa shape index (κ3) is 10.6. The normalized spacial score (nSPS) is 18.3. The second-order valence-corrected chi connectivity index (χ2v) is 10.6. The van der Waals surface area contributed by atoms with E-state index in [1.54, 1.807) is 12.1 Å². The number of hydrogen-bond donors (Lipinski definition) is 3. The highest BCUT2D eigenvalue weighted by molar-refractivity contribution is 7.80. The largest absolute Gasteiger partial charge is 0.298 e. The van der Waals surface area contributed by atoms with Gasteiger partial charge in [0.1, 0.15) is 5.92 Å². The molecule has 2 rings (SSSR count). The van der Waals surface area contributed by atoms with Gasteiger partial charge < -0.3 is 0 Å². The Kier molecular flexibility index (Phi) is 12.7. The van der Waals surface area contributed by atoms with Crippen LogP contribution in [0.2, 0.25) is 0 Å². The van der Waals surface area contributed by atoms with Gasteiger partial charge in [0.15, 0.2) is 5.11 Å². The van der Waals surface area contributed by atoms with Crippen molar-refractivity contribution < 1.29 is 9.59 Å². The van der Waals surface area contributed by atoms with Gasteiger partial charge in [0.25, 0.3) is 11.8 Å². The molecule has 3 unspecified atom stereocenters. The number of carbonyl (C=O) groups excluding carboxylic acids is 2. The Hall–Kier alpha value is -2.72. The fourth-order valence-corrected chi connectivity index (χ4v) is 4.48. The van der Waals surface area contributed by atoms with Crippen LogP contribution in [-0.2, 0) is 10.2 Å². The van der Waals surface area contributed by atoms with Crippen molar-refractivity contribution in [1.82, 2.24) is 16.2 Å². The van der Waals surface area contributed by atoms with Crippen molar-refractivity contribution in [3.05, 3.63) is 47.5 Å². The summed E-state index contributed by atoms with van der Waals surface area (Å²) in [6.45, 7) is 16.7. The van der Waals surface area contributed by atoms with Crippen molar-refractivity contribution in [1.29, 1.82) is 5.26 Å². The second-order valence-electron chi connectivity index (χ2n) is 10.2. The van der Waals surface area contributed by atoms with E-state index in [4.69, 9.17) is 12.2 Å². The van der Waals surface area contributed by atoms with Gasteiger partial charge in [-0.25, -0.2) is 0 Å². The Morgan fingerprint density at radius 2 is 1.80 bits per heavy atom. The number of thiocarbonyl (C=S) groups is 1. The summed E-state index contributed by atoms with van der Waals surface area (Å²) in [5.41, 5.74) is 7.85. The zero-order valence-corrected chi connectivity index (χ0v) is 23.0. The van der Waals surface area contributed by atoms with Gasteiger partial charge in [-0.2, -0.15) is 5.26 Å². The van der Waals surface area contributed by atoms with Crippen LogP contribution in [0.5, 0.6) is 0 Å². The van der Waals surface area contributed by atoms with Gasteiger partial charge in [0, 0.05) is 5.56 Å². The van der Waals surface area contributed by atoms with E-state index in [0.717, 1.165) is 31.2 Å². The first kappa shape index (κ1) is 30.3. The van der Waals surface area contributed by atoms with Gasteiger partial charge in [-0.15, -0.1) is 0 Å². The summed E-state index contributed by atoms with van der Waals surface area (Å²) in [4.78, 5) is 24.7. The third-order valence-corrected chi connectivity index (χ3v) is 6.27. The lowest BCUT2D eigenvalue weighted by Crippen LogP contribution is -2.50. The Labute approximate surface area is 216 Å². The smallest absolute Gasteiger partial charge is 0.257 e. The summed E-state index contributed by atoms with van der Waals surface area (Å²) >= 11 is 5.10. The Morgan fingerprint density at radius 3 is 2.34 bits per heavy atom. The lowest BCUT2D eigenvalue weighted by molar-refractivity contribution is -0.124. The SMILES string of the molecule is C=C1CC(C)CC(CCCC(C#N)C(=O)NNC(=S)NC(=O)c2ccc(C(C)(C)C)cc2)C1.CC. The molecule has 1 aliphatic rings.